The second kappa shape index (κ2) is 17.7. The van der Waals surface area contributed by atoms with Crippen molar-refractivity contribution in [3.63, 3.8) is 0 Å². The van der Waals surface area contributed by atoms with Crippen LogP contribution < -0.4 is 10.1 Å². The highest BCUT2D eigenvalue weighted by atomic mass is 16.7. The van der Waals surface area contributed by atoms with E-state index in [4.69, 9.17) is 9.57 Å². The van der Waals surface area contributed by atoms with Crippen molar-refractivity contribution in [2.75, 3.05) is 40.9 Å². The first kappa shape index (κ1) is 28.2. The molecule has 0 spiro atoms. The lowest BCUT2D eigenvalue weighted by Crippen LogP contribution is -2.42. The van der Waals surface area contributed by atoms with Crippen molar-refractivity contribution in [3.05, 3.63) is 35.9 Å². The van der Waals surface area contributed by atoms with Gasteiger partial charge in [-0.15, -0.1) is 0 Å². The minimum absolute atomic E-state index is 0.0718. The summed E-state index contributed by atoms with van der Waals surface area (Å²) in [6.45, 7) is 4.60. The second-order valence-corrected chi connectivity index (χ2v) is 9.06. The third kappa shape index (κ3) is 15.0. The third-order valence-corrected chi connectivity index (χ3v) is 5.65. The number of benzene rings is 1. The Balaban J connectivity index is 2.03. The Morgan fingerprint density at radius 1 is 0.906 bits per heavy atom. The lowest BCUT2D eigenvalue weighted by atomic mass is 10.1. The molecule has 1 N–H and O–H groups in total. The van der Waals surface area contributed by atoms with Crippen LogP contribution in [0, 0.1) is 0 Å². The molecular weight excluding hydrogens is 400 g/mol. The number of ether oxygens (including phenoxy) is 1. The molecule has 32 heavy (non-hydrogen) atoms. The normalized spacial score (nSPS) is 11.8. The van der Waals surface area contributed by atoms with Crippen LogP contribution in [0.25, 0.3) is 6.08 Å². The van der Waals surface area contributed by atoms with E-state index in [1.54, 1.807) is 13.2 Å². The van der Waals surface area contributed by atoms with Crippen LogP contribution >= 0.6 is 0 Å². The summed E-state index contributed by atoms with van der Waals surface area (Å²) in [5.74, 6) is 0.736. The van der Waals surface area contributed by atoms with Gasteiger partial charge in [0.15, 0.2) is 0 Å². The molecule has 0 radical (unpaired) electrons. The number of unbranched alkanes of at least 4 members (excludes halogenated alkanes) is 9. The molecule has 0 aromatic heterocycles. The van der Waals surface area contributed by atoms with Gasteiger partial charge in [0, 0.05) is 19.0 Å². The van der Waals surface area contributed by atoms with Gasteiger partial charge in [-0.1, -0.05) is 76.8 Å². The maximum Gasteiger partial charge on any atom is 0.244 e. The van der Waals surface area contributed by atoms with Gasteiger partial charge in [0.2, 0.25) is 5.91 Å². The van der Waals surface area contributed by atoms with Crippen molar-refractivity contribution >= 4 is 12.0 Å². The number of carbonyl (C=O) groups is 1. The lowest BCUT2D eigenvalue weighted by molar-refractivity contribution is -1.08. The van der Waals surface area contributed by atoms with Crippen LogP contribution in [0.4, 0.5) is 0 Å². The molecule has 0 saturated carbocycles. The number of hydrogen-bond donors (Lipinski definition) is 1. The Hall–Kier alpha value is -1.85. The number of nitrogens with one attached hydrogen (secondary N) is 1. The van der Waals surface area contributed by atoms with Gasteiger partial charge in [0.25, 0.3) is 0 Å². The van der Waals surface area contributed by atoms with Gasteiger partial charge in [-0.3, -0.25) is 4.79 Å². The van der Waals surface area contributed by atoms with E-state index in [1.165, 1.54) is 57.8 Å². The van der Waals surface area contributed by atoms with Crippen LogP contribution in [0.3, 0.4) is 0 Å². The van der Waals surface area contributed by atoms with Crippen molar-refractivity contribution in [2.45, 2.75) is 77.6 Å². The summed E-state index contributed by atoms with van der Waals surface area (Å²) < 4.78 is 5.67. The third-order valence-electron chi connectivity index (χ3n) is 5.65. The summed E-state index contributed by atoms with van der Waals surface area (Å²) in [4.78, 5) is 18.0. The molecule has 0 aliphatic heterocycles. The van der Waals surface area contributed by atoms with Crippen LogP contribution in [0.5, 0.6) is 5.75 Å². The van der Waals surface area contributed by atoms with Crippen LogP contribution in [-0.2, 0) is 9.63 Å². The van der Waals surface area contributed by atoms with Crippen LogP contribution in [0.2, 0.25) is 0 Å². The quantitative estimate of drug-likeness (QED) is 0.120. The van der Waals surface area contributed by atoms with Gasteiger partial charge in [-0.2, -0.15) is 4.65 Å². The monoisotopic (exact) mass is 447 g/mol. The van der Waals surface area contributed by atoms with E-state index in [0.29, 0.717) is 11.2 Å². The number of amides is 1. The van der Waals surface area contributed by atoms with E-state index in [2.05, 4.69) is 26.3 Å². The first-order valence-electron chi connectivity index (χ1n) is 12.5. The summed E-state index contributed by atoms with van der Waals surface area (Å²) in [5, 5.41) is 2.94. The fraction of sp³-hybridized carbons (Fsp3) is 0.667. The lowest BCUT2D eigenvalue weighted by Gasteiger charge is -2.27. The minimum Gasteiger partial charge on any atom is -0.497 e. The summed E-state index contributed by atoms with van der Waals surface area (Å²) in [5.41, 5.74) is 0.971. The van der Waals surface area contributed by atoms with Gasteiger partial charge in [-0.05, 0) is 30.2 Å². The fourth-order valence-electron chi connectivity index (χ4n) is 3.58. The molecule has 0 aliphatic carbocycles. The molecule has 182 valence electrons. The zero-order valence-corrected chi connectivity index (χ0v) is 21.0. The molecule has 0 fully saturated rings. The van der Waals surface area contributed by atoms with Crippen LogP contribution in [0.1, 0.15) is 83.1 Å². The van der Waals surface area contributed by atoms with Gasteiger partial charge in [-0.25, -0.2) is 4.84 Å². The maximum atomic E-state index is 12.0. The Morgan fingerprint density at radius 3 is 2.09 bits per heavy atom. The molecule has 1 rings (SSSR count). The molecule has 0 atom stereocenters. The van der Waals surface area contributed by atoms with Crippen molar-refractivity contribution in [1.29, 1.82) is 0 Å². The molecule has 5 nitrogen and oxygen atoms in total. The second-order valence-electron chi connectivity index (χ2n) is 9.06. The molecule has 0 aliphatic rings. The van der Waals surface area contributed by atoms with Crippen LogP contribution in [-0.4, -0.2) is 51.5 Å². The largest absolute Gasteiger partial charge is 0.497 e. The number of rotatable bonds is 19. The predicted octanol–water partition coefficient (Wildman–Crippen LogP) is 6.14. The summed E-state index contributed by atoms with van der Waals surface area (Å²) in [6.07, 6.45) is 17.6. The zero-order valence-electron chi connectivity index (χ0n) is 21.0. The van der Waals surface area contributed by atoms with E-state index < -0.39 is 0 Å². The maximum absolute atomic E-state index is 12.0. The predicted molar refractivity (Wildman–Crippen MR) is 134 cm³/mol. The SMILES string of the molecule is CCCCCCCCCCCCO[N+](C)(C)CCCNC(=O)/C=C/c1ccc(OC)cc1. The molecule has 0 bridgehead atoms. The first-order chi connectivity index (χ1) is 15.5. The number of hydroxylamine groups is 3. The highest BCUT2D eigenvalue weighted by molar-refractivity contribution is 5.91. The standard InChI is InChI=1S/C27H46N2O3/c1-5-6-7-8-9-10-11-12-13-14-24-32-29(2,3)23-15-22-28-27(30)21-18-25-16-19-26(31-4)20-17-25/h16-21H,5-15,22-24H2,1-4H3/p+1/b21-18+. The first-order valence-corrected chi connectivity index (χ1v) is 12.5. The number of nitrogens with zero attached hydrogens (tertiary/aromatic N) is 1. The average molecular weight is 448 g/mol. The molecule has 1 aromatic rings. The molecule has 0 unspecified atom stereocenters. The summed E-state index contributed by atoms with van der Waals surface area (Å²) in [6, 6.07) is 7.61. The Morgan fingerprint density at radius 2 is 1.50 bits per heavy atom. The average Bonchev–Trinajstić information content (AvgIpc) is 2.79. The van der Waals surface area contributed by atoms with E-state index in [0.717, 1.165) is 37.3 Å². The van der Waals surface area contributed by atoms with Crippen molar-refractivity contribution in [1.82, 2.24) is 5.32 Å². The van der Waals surface area contributed by atoms with Gasteiger partial charge < -0.3 is 10.1 Å². The minimum atomic E-state index is -0.0718. The number of methoxy groups -OCH3 is 1. The molecular formula is C27H47N2O3+. The smallest absolute Gasteiger partial charge is 0.244 e. The van der Waals surface area contributed by atoms with Crippen molar-refractivity contribution in [3.8, 4) is 5.75 Å². The highest BCUT2D eigenvalue weighted by Crippen LogP contribution is 2.13. The zero-order chi connectivity index (χ0) is 23.5. The fourth-order valence-corrected chi connectivity index (χ4v) is 3.58. The highest BCUT2D eigenvalue weighted by Gasteiger charge is 2.16. The van der Waals surface area contributed by atoms with E-state index in [9.17, 15) is 4.79 Å². The van der Waals surface area contributed by atoms with E-state index >= 15 is 0 Å². The molecule has 1 aromatic carbocycles. The molecule has 5 heteroatoms. The van der Waals surface area contributed by atoms with Crippen molar-refractivity contribution < 1.29 is 19.0 Å². The Labute approximate surface area is 196 Å². The molecule has 1 amide bonds. The topological polar surface area (TPSA) is 47.6 Å². The van der Waals surface area contributed by atoms with Gasteiger partial charge in [0.1, 0.15) is 18.9 Å². The summed E-state index contributed by atoms with van der Waals surface area (Å²) >= 11 is 0. The Bertz CT molecular complexity index is 626. The Kier molecular flexibility index (Phi) is 15.6. The van der Waals surface area contributed by atoms with E-state index in [1.807, 2.05) is 30.3 Å². The number of hydrogen-bond acceptors (Lipinski definition) is 3. The molecule has 0 heterocycles. The number of quaternary nitrogens is 1. The van der Waals surface area contributed by atoms with Gasteiger partial charge >= 0.3 is 0 Å². The molecule has 0 saturated heterocycles. The van der Waals surface area contributed by atoms with Crippen LogP contribution in [0.15, 0.2) is 30.3 Å². The summed E-state index contributed by atoms with van der Waals surface area (Å²) in [7, 11) is 5.81. The van der Waals surface area contributed by atoms with Gasteiger partial charge in [0.05, 0.1) is 21.2 Å². The van der Waals surface area contributed by atoms with E-state index in [-0.39, 0.29) is 5.91 Å². The van der Waals surface area contributed by atoms with Crippen molar-refractivity contribution in [2.24, 2.45) is 0 Å². The number of carbonyl (C=O) groups excluding carboxylic acids is 1.